The molecular formula is C25H34N4O4S. The second kappa shape index (κ2) is 11.0. The van der Waals surface area contributed by atoms with Gasteiger partial charge in [0.2, 0.25) is 15.9 Å². The molecule has 8 nitrogen and oxygen atoms in total. The zero-order valence-electron chi connectivity index (χ0n) is 20.0. The molecule has 3 amide bonds. The highest BCUT2D eigenvalue weighted by Crippen LogP contribution is 2.23. The highest BCUT2D eigenvalue weighted by atomic mass is 32.2. The van der Waals surface area contributed by atoms with Gasteiger partial charge in [0.25, 0.3) is 0 Å². The van der Waals surface area contributed by atoms with Crippen LogP contribution in [0.3, 0.4) is 0 Å². The second-order valence-electron chi connectivity index (χ2n) is 9.54. The van der Waals surface area contributed by atoms with Gasteiger partial charge in [-0.1, -0.05) is 51.1 Å². The van der Waals surface area contributed by atoms with Crippen LogP contribution in [0.4, 0.5) is 10.5 Å². The van der Waals surface area contributed by atoms with E-state index in [0.29, 0.717) is 25.9 Å². The number of para-hydroxylation sites is 1. The van der Waals surface area contributed by atoms with Crippen LogP contribution in [0.5, 0.6) is 0 Å². The third kappa shape index (κ3) is 7.30. The minimum atomic E-state index is -3.67. The predicted molar refractivity (Wildman–Crippen MR) is 133 cm³/mol. The number of hydrogen-bond acceptors (Lipinski definition) is 4. The number of amides is 3. The Morgan fingerprint density at radius 3 is 2.18 bits per heavy atom. The molecular weight excluding hydrogens is 452 g/mol. The monoisotopic (exact) mass is 486 g/mol. The van der Waals surface area contributed by atoms with Crippen molar-refractivity contribution in [2.75, 3.05) is 25.0 Å². The quantitative estimate of drug-likeness (QED) is 0.557. The topological polar surface area (TPSA) is 108 Å². The molecule has 0 aliphatic carbocycles. The fourth-order valence-corrected chi connectivity index (χ4v) is 4.85. The molecule has 1 saturated heterocycles. The Labute approximate surface area is 202 Å². The summed E-state index contributed by atoms with van der Waals surface area (Å²) in [5.74, 6) is -0.0991. The smallest absolute Gasteiger partial charge is 0.319 e. The van der Waals surface area contributed by atoms with E-state index in [0.717, 1.165) is 11.3 Å². The summed E-state index contributed by atoms with van der Waals surface area (Å²) in [6.07, 6.45) is 1.39. The number of sulfonamides is 1. The molecule has 184 valence electrons. The molecule has 2 aromatic carbocycles. The maximum atomic E-state index is 12.5. The van der Waals surface area contributed by atoms with E-state index in [9.17, 15) is 18.0 Å². The van der Waals surface area contributed by atoms with Gasteiger partial charge in [0, 0.05) is 37.8 Å². The van der Waals surface area contributed by atoms with Crippen molar-refractivity contribution in [2.45, 2.75) is 56.4 Å². The van der Waals surface area contributed by atoms with Crippen molar-refractivity contribution in [2.24, 2.45) is 0 Å². The summed E-state index contributed by atoms with van der Waals surface area (Å²) < 4.78 is 27.6. The summed E-state index contributed by atoms with van der Waals surface area (Å²) >= 11 is 0. The minimum Gasteiger partial charge on any atom is -0.343 e. The third-order valence-electron chi connectivity index (χ3n) is 5.88. The largest absolute Gasteiger partial charge is 0.343 e. The molecule has 34 heavy (non-hydrogen) atoms. The van der Waals surface area contributed by atoms with E-state index in [1.54, 1.807) is 17.0 Å². The molecule has 1 fully saturated rings. The second-order valence-corrected chi connectivity index (χ2v) is 11.3. The zero-order valence-corrected chi connectivity index (χ0v) is 20.8. The van der Waals surface area contributed by atoms with Crippen molar-refractivity contribution in [3.63, 3.8) is 0 Å². The van der Waals surface area contributed by atoms with E-state index >= 15 is 0 Å². The van der Waals surface area contributed by atoms with Gasteiger partial charge in [0.05, 0.1) is 4.90 Å². The molecule has 0 bridgehead atoms. The Hall–Kier alpha value is -2.91. The molecule has 2 aromatic rings. The first-order chi connectivity index (χ1) is 16.0. The third-order valence-corrected chi connectivity index (χ3v) is 7.35. The number of likely N-dealkylation sites (tertiary alicyclic amines) is 1. The summed E-state index contributed by atoms with van der Waals surface area (Å²) in [4.78, 5) is 26.6. The summed E-state index contributed by atoms with van der Waals surface area (Å²) in [6, 6.07) is 15.8. The Balaban J connectivity index is 1.40. The van der Waals surface area contributed by atoms with Gasteiger partial charge in [0.1, 0.15) is 0 Å². The molecule has 0 atom stereocenters. The average molecular weight is 487 g/mol. The number of carbonyl (C=O) groups excluding carboxylic acids is 2. The van der Waals surface area contributed by atoms with Gasteiger partial charge in [-0.25, -0.2) is 17.9 Å². The minimum absolute atomic E-state index is 0.0117. The fraction of sp³-hybridized carbons (Fsp3) is 0.440. The molecule has 1 aliphatic heterocycles. The first-order valence-corrected chi connectivity index (χ1v) is 13.0. The lowest BCUT2D eigenvalue weighted by atomic mass is 9.87. The number of nitrogens with one attached hydrogen (secondary N) is 3. The molecule has 0 spiro atoms. The molecule has 0 radical (unpaired) electrons. The van der Waals surface area contributed by atoms with Gasteiger partial charge in [0.15, 0.2) is 0 Å². The number of rotatable bonds is 7. The van der Waals surface area contributed by atoms with Gasteiger partial charge in [-0.2, -0.15) is 0 Å². The number of piperidine rings is 1. The molecule has 9 heteroatoms. The fourth-order valence-electron chi connectivity index (χ4n) is 3.82. The first-order valence-electron chi connectivity index (χ1n) is 11.6. The zero-order chi connectivity index (χ0) is 24.8. The number of benzene rings is 2. The van der Waals surface area contributed by atoms with E-state index in [1.807, 2.05) is 42.5 Å². The van der Waals surface area contributed by atoms with E-state index in [1.165, 1.54) is 0 Å². The molecule has 0 saturated carbocycles. The SMILES string of the molecule is CC(C)(C)c1ccc(S(=O)(=O)NCCC(=O)N2CCC(NC(=O)Nc3ccccc3)CC2)cc1. The van der Waals surface area contributed by atoms with Crippen molar-refractivity contribution in [1.82, 2.24) is 14.9 Å². The van der Waals surface area contributed by atoms with Gasteiger partial charge >= 0.3 is 6.03 Å². The Bertz CT molecular complexity index is 1070. The predicted octanol–water partition coefficient (Wildman–Crippen LogP) is 3.47. The number of carbonyl (C=O) groups is 2. The van der Waals surface area contributed by atoms with Crippen molar-refractivity contribution < 1.29 is 18.0 Å². The van der Waals surface area contributed by atoms with Crippen LogP contribution in [0.2, 0.25) is 0 Å². The van der Waals surface area contributed by atoms with E-state index in [2.05, 4.69) is 36.1 Å². The lowest BCUT2D eigenvalue weighted by Gasteiger charge is -2.32. The first kappa shape index (κ1) is 25.7. The summed E-state index contributed by atoms with van der Waals surface area (Å²) in [6.45, 7) is 7.29. The average Bonchev–Trinajstić information content (AvgIpc) is 2.79. The Kier molecular flexibility index (Phi) is 8.33. The molecule has 3 rings (SSSR count). The highest BCUT2D eigenvalue weighted by Gasteiger charge is 2.24. The lowest BCUT2D eigenvalue weighted by Crippen LogP contribution is -2.48. The van der Waals surface area contributed by atoms with E-state index in [-0.39, 0.29) is 41.3 Å². The maximum absolute atomic E-state index is 12.5. The van der Waals surface area contributed by atoms with Crippen LogP contribution in [-0.2, 0) is 20.2 Å². The summed E-state index contributed by atoms with van der Waals surface area (Å²) in [5, 5.41) is 5.73. The highest BCUT2D eigenvalue weighted by molar-refractivity contribution is 7.89. The van der Waals surface area contributed by atoms with Crippen LogP contribution in [0, 0.1) is 0 Å². The lowest BCUT2D eigenvalue weighted by molar-refractivity contribution is -0.132. The van der Waals surface area contributed by atoms with Crippen LogP contribution < -0.4 is 15.4 Å². The van der Waals surface area contributed by atoms with Gasteiger partial charge in [-0.15, -0.1) is 0 Å². The Morgan fingerprint density at radius 2 is 1.59 bits per heavy atom. The van der Waals surface area contributed by atoms with Crippen molar-refractivity contribution in [3.05, 3.63) is 60.2 Å². The van der Waals surface area contributed by atoms with Crippen molar-refractivity contribution in [1.29, 1.82) is 0 Å². The van der Waals surface area contributed by atoms with Crippen LogP contribution in [0.1, 0.15) is 45.6 Å². The number of nitrogens with zero attached hydrogens (tertiary/aromatic N) is 1. The number of urea groups is 1. The van der Waals surface area contributed by atoms with Crippen LogP contribution in [0.25, 0.3) is 0 Å². The molecule has 1 heterocycles. The molecule has 1 aliphatic rings. The van der Waals surface area contributed by atoms with E-state index in [4.69, 9.17) is 0 Å². The van der Waals surface area contributed by atoms with Gasteiger partial charge in [-0.3, -0.25) is 4.79 Å². The molecule has 3 N–H and O–H groups in total. The molecule has 0 unspecified atom stereocenters. The van der Waals surface area contributed by atoms with Gasteiger partial charge < -0.3 is 15.5 Å². The summed E-state index contributed by atoms with van der Waals surface area (Å²) in [5.41, 5.74) is 1.72. The van der Waals surface area contributed by atoms with Crippen LogP contribution in [-0.4, -0.2) is 50.9 Å². The number of anilines is 1. The number of hydrogen-bond donors (Lipinski definition) is 3. The summed E-state index contributed by atoms with van der Waals surface area (Å²) in [7, 11) is -3.67. The van der Waals surface area contributed by atoms with Crippen molar-refractivity contribution >= 4 is 27.6 Å². The standard InChI is InChI=1S/C25H34N4O4S/c1-25(2,3)19-9-11-22(12-10-19)34(32,33)26-16-13-23(30)29-17-14-21(15-18-29)28-24(31)27-20-7-5-4-6-8-20/h4-12,21,26H,13-18H2,1-3H3,(H2,27,28,31). The van der Waals surface area contributed by atoms with Crippen LogP contribution >= 0.6 is 0 Å². The normalized spacial score (nSPS) is 15.1. The van der Waals surface area contributed by atoms with Gasteiger partial charge in [-0.05, 0) is 48.1 Å². The van der Waals surface area contributed by atoms with Crippen molar-refractivity contribution in [3.8, 4) is 0 Å². The molecule has 0 aromatic heterocycles. The Morgan fingerprint density at radius 1 is 0.971 bits per heavy atom. The van der Waals surface area contributed by atoms with E-state index < -0.39 is 10.0 Å². The maximum Gasteiger partial charge on any atom is 0.319 e. The van der Waals surface area contributed by atoms with Crippen LogP contribution in [0.15, 0.2) is 59.5 Å².